The number of morpholine rings is 1. The van der Waals surface area contributed by atoms with Crippen molar-refractivity contribution >= 4 is 16.2 Å². The molecule has 14 heteroatoms. The van der Waals surface area contributed by atoms with Gasteiger partial charge < -0.3 is 20.3 Å². The van der Waals surface area contributed by atoms with Crippen molar-refractivity contribution in [2.24, 2.45) is 17.6 Å². The van der Waals surface area contributed by atoms with Crippen molar-refractivity contribution in [1.29, 1.82) is 0 Å². The number of rotatable bonds is 7. The van der Waals surface area contributed by atoms with Gasteiger partial charge in [-0.15, -0.1) is 0 Å². The molecule has 0 bridgehead atoms. The molecule has 1 aliphatic carbocycles. The first-order valence-electron chi connectivity index (χ1n) is 12.4. The minimum absolute atomic E-state index is 0.173. The van der Waals surface area contributed by atoms with Crippen LogP contribution in [0.15, 0.2) is 18.3 Å². The van der Waals surface area contributed by atoms with E-state index in [9.17, 15) is 21.6 Å². The molecule has 0 radical (unpaired) electrons. The molecule has 37 heavy (non-hydrogen) atoms. The molecule has 2 aliphatic heterocycles. The Balaban J connectivity index is 0.000000479. The monoisotopic (exact) mass is 552 g/mol. The second-order valence-corrected chi connectivity index (χ2v) is 11.3. The minimum Gasteiger partial charge on any atom is -0.476 e. The van der Waals surface area contributed by atoms with Gasteiger partial charge in [-0.1, -0.05) is 32.1 Å². The number of aliphatic carboxylic acids is 1. The second-order valence-electron chi connectivity index (χ2n) is 9.46. The van der Waals surface area contributed by atoms with Crippen LogP contribution in [0.25, 0.3) is 0 Å². The molecule has 3 N–H and O–H groups in total. The van der Waals surface area contributed by atoms with Gasteiger partial charge in [0.1, 0.15) is 6.61 Å². The SMILES string of the molecule is NCc1ccnc(OC[C@@H]2C[C@@H](C3CCCCC3)CN2S(=O)(=O)N2CCOCC2)c1.O=C(O)C(F)(F)F. The van der Waals surface area contributed by atoms with E-state index in [1.54, 1.807) is 14.8 Å². The van der Waals surface area contributed by atoms with Crippen LogP contribution < -0.4 is 10.5 Å². The first-order chi connectivity index (χ1) is 17.5. The number of hydrogen-bond acceptors (Lipinski definition) is 7. The molecule has 3 fully saturated rings. The lowest BCUT2D eigenvalue weighted by atomic mass is 9.79. The number of aromatic nitrogens is 1. The second kappa shape index (κ2) is 13.2. The molecular weight excluding hydrogens is 517 g/mol. The van der Waals surface area contributed by atoms with E-state index >= 15 is 0 Å². The number of carbonyl (C=O) groups is 1. The van der Waals surface area contributed by atoms with Crippen molar-refractivity contribution in [3.05, 3.63) is 23.9 Å². The smallest absolute Gasteiger partial charge is 0.476 e. The van der Waals surface area contributed by atoms with Gasteiger partial charge in [0.2, 0.25) is 5.88 Å². The van der Waals surface area contributed by atoms with Gasteiger partial charge in [0.25, 0.3) is 10.2 Å². The number of pyridine rings is 1. The fraction of sp³-hybridized carbons (Fsp3) is 0.739. The van der Waals surface area contributed by atoms with Crippen molar-refractivity contribution in [2.45, 2.75) is 57.3 Å². The highest BCUT2D eigenvalue weighted by Gasteiger charge is 2.45. The number of alkyl halides is 3. The molecular formula is C23H35F3N4O6S. The Labute approximate surface area is 215 Å². The lowest BCUT2D eigenvalue weighted by Crippen LogP contribution is -2.51. The van der Waals surface area contributed by atoms with E-state index in [0.717, 1.165) is 12.0 Å². The Morgan fingerprint density at radius 3 is 2.43 bits per heavy atom. The predicted molar refractivity (Wildman–Crippen MR) is 128 cm³/mol. The van der Waals surface area contributed by atoms with Gasteiger partial charge >= 0.3 is 12.1 Å². The van der Waals surface area contributed by atoms with Crippen molar-refractivity contribution < 1.29 is 41.0 Å². The fourth-order valence-electron chi connectivity index (χ4n) is 5.07. The zero-order valence-electron chi connectivity index (χ0n) is 20.6. The zero-order chi connectivity index (χ0) is 27.1. The highest BCUT2D eigenvalue weighted by molar-refractivity contribution is 7.86. The lowest BCUT2D eigenvalue weighted by molar-refractivity contribution is -0.192. The van der Waals surface area contributed by atoms with Gasteiger partial charge in [-0.2, -0.15) is 30.2 Å². The number of halogens is 3. The van der Waals surface area contributed by atoms with Crippen LogP contribution in [0.3, 0.4) is 0 Å². The third kappa shape index (κ3) is 8.24. The average Bonchev–Trinajstić information content (AvgIpc) is 3.34. The summed E-state index contributed by atoms with van der Waals surface area (Å²) in [7, 11) is -3.53. The molecule has 210 valence electrons. The van der Waals surface area contributed by atoms with E-state index in [-0.39, 0.29) is 6.04 Å². The molecule has 1 aromatic heterocycles. The van der Waals surface area contributed by atoms with Gasteiger partial charge in [-0.3, -0.25) is 0 Å². The summed E-state index contributed by atoms with van der Waals surface area (Å²) >= 11 is 0. The summed E-state index contributed by atoms with van der Waals surface area (Å²) in [4.78, 5) is 13.2. The van der Waals surface area contributed by atoms with E-state index in [1.807, 2.05) is 12.1 Å². The third-order valence-corrected chi connectivity index (χ3v) is 9.06. The molecule has 1 saturated carbocycles. The highest BCUT2D eigenvalue weighted by Crippen LogP contribution is 2.39. The molecule has 0 unspecified atom stereocenters. The minimum atomic E-state index is -5.08. The van der Waals surface area contributed by atoms with Crippen molar-refractivity contribution in [3.63, 3.8) is 0 Å². The molecule has 0 amide bonds. The molecule has 1 aromatic rings. The summed E-state index contributed by atoms with van der Waals surface area (Å²) in [6.07, 6.45) is 3.69. The number of carboxylic acid groups (broad SMARTS) is 1. The van der Waals surface area contributed by atoms with E-state index in [2.05, 4.69) is 4.98 Å². The molecule has 2 saturated heterocycles. The summed E-state index contributed by atoms with van der Waals surface area (Å²) in [5.41, 5.74) is 6.66. The Morgan fingerprint density at radius 2 is 1.84 bits per heavy atom. The standard InChI is InChI=1S/C21H34N4O4S.C2HF3O2/c22-14-17-6-7-23-21(12-17)29-16-20-13-19(18-4-2-1-3-5-18)15-25(20)30(26,27)24-8-10-28-11-9-24;3-2(4,5)1(6)7/h6-7,12,18-20H,1-5,8-11,13-16,22H2;(H,6,7)/t19-,20+;/m1./s1. The van der Waals surface area contributed by atoms with Crippen molar-refractivity contribution in [2.75, 3.05) is 39.5 Å². The summed E-state index contributed by atoms with van der Waals surface area (Å²) in [6.45, 7) is 3.07. The van der Waals surface area contributed by atoms with Gasteiger partial charge in [-0.25, -0.2) is 9.78 Å². The lowest BCUT2D eigenvalue weighted by Gasteiger charge is -2.33. The zero-order valence-corrected chi connectivity index (χ0v) is 21.4. The third-order valence-electron chi connectivity index (χ3n) is 7.01. The summed E-state index contributed by atoms with van der Waals surface area (Å²) in [5.74, 6) is -1.24. The normalized spacial score (nSPS) is 24.3. The first kappa shape index (κ1) is 29.6. The van der Waals surface area contributed by atoms with Crippen LogP contribution in [0, 0.1) is 11.8 Å². The number of nitrogens with zero attached hydrogens (tertiary/aromatic N) is 3. The molecule has 3 heterocycles. The van der Waals surface area contributed by atoms with Crippen LogP contribution in [0.2, 0.25) is 0 Å². The molecule has 10 nitrogen and oxygen atoms in total. The maximum atomic E-state index is 13.4. The fourth-order valence-corrected chi connectivity index (χ4v) is 6.88. The topological polar surface area (TPSA) is 135 Å². The van der Waals surface area contributed by atoms with E-state index < -0.39 is 22.4 Å². The largest absolute Gasteiger partial charge is 0.490 e. The molecule has 4 rings (SSSR count). The Morgan fingerprint density at radius 1 is 1.19 bits per heavy atom. The van der Waals surface area contributed by atoms with Crippen molar-refractivity contribution in [1.82, 2.24) is 13.6 Å². The highest BCUT2D eigenvalue weighted by atomic mass is 32.2. The summed E-state index contributed by atoms with van der Waals surface area (Å²) in [6, 6.07) is 3.51. The van der Waals surface area contributed by atoms with Crippen LogP contribution in [-0.4, -0.2) is 84.8 Å². The summed E-state index contributed by atoms with van der Waals surface area (Å²) < 4.78 is 73.2. The van der Waals surface area contributed by atoms with Crippen LogP contribution in [-0.2, 0) is 26.3 Å². The molecule has 2 atom stereocenters. The van der Waals surface area contributed by atoms with Gasteiger partial charge in [0, 0.05) is 38.4 Å². The van der Waals surface area contributed by atoms with Crippen LogP contribution in [0.4, 0.5) is 13.2 Å². The van der Waals surface area contributed by atoms with Gasteiger partial charge in [0.05, 0.1) is 19.3 Å². The maximum Gasteiger partial charge on any atom is 0.490 e. The Kier molecular flexibility index (Phi) is 10.5. The summed E-state index contributed by atoms with van der Waals surface area (Å²) in [5, 5.41) is 7.12. The average molecular weight is 553 g/mol. The van der Waals surface area contributed by atoms with Crippen molar-refractivity contribution in [3.8, 4) is 5.88 Å². The molecule has 0 spiro atoms. The van der Waals surface area contributed by atoms with E-state index in [0.29, 0.717) is 63.7 Å². The predicted octanol–water partition coefficient (Wildman–Crippen LogP) is 2.40. The van der Waals surface area contributed by atoms with Crippen LogP contribution >= 0.6 is 0 Å². The first-order valence-corrected chi connectivity index (χ1v) is 13.8. The van der Waals surface area contributed by atoms with Crippen LogP contribution in [0.5, 0.6) is 5.88 Å². The van der Waals surface area contributed by atoms with Gasteiger partial charge in [-0.05, 0) is 29.9 Å². The van der Waals surface area contributed by atoms with Gasteiger partial charge in [0.15, 0.2) is 0 Å². The quantitative estimate of drug-likeness (QED) is 0.527. The number of nitrogens with two attached hydrogens (primary N) is 1. The van der Waals surface area contributed by atoms with Crippen LogP contribution in [0.1, 0.15) is 44.1 Å². The van der Waals surface area contributed by atoms with E-state index in [1.165, 1.54) is 32.1 Å². The number of hydrogen-bond donors (Lipinski definition) is 2. The number of ether oxygens (including phenoxy) is 2. The maximum absolute atomic E-state index is 13.4. The Hall–Kier alpha value is -2.00. The molecule has 3 aliphatic rings. The Bertz CT molecular complexity index is 985. The number of carboxylic acids is 1. The molecule has 0 aromatic carbocycles. The van der Waals surface area contributed by atoms with E-state index in [4.69, 9.17) is 25.1 Å².